The summed E-state index contributed by atoms with van der Waals surface area (Å²) in [7, 11) is 0. The van der Waals surface area contributed by atoms with Crippen LogP contribution < -0.4 is 4.74 Å². The predicted octanol–water partition coefficient (Wildman–Crippen LogP) is 4.34. The van der Waals surface area contributed by atoms with Gasteiger partial charge in [0.05, 0.1) is 0 Å². The van der Waals surface area contributed by atoms with Crippen molar-refractivity contribution in [2.24, 2.45) is 0 Å². The summed E-state index contributed by atoms with van der Waals surface area (Å²) in [5.74, 6) is 0.488. The fraction of sp³-hybridized carbons (Fsp3) is 0. The fourth-order valence-corrected chi connectivity index (χ4v) is 1.72. The summed E-state index contributed by atoms with van der Waals surface area (Å²) in [6, 6.07) is 14.7. The number of rotatable bonds is 4. The second-order valence-corrected chi connectivity index (χ2v) is 4.71. The molecule has 0 unspecified atom stereocenters. The van der Waals surface area contributed by atoms with E-state index in [-0.39, 0.29) is 0 Å². The minimum atomic E-state index is -0.963. The summed E-state index contributed by atoms with van der Waals surface area (Å²) < 4.78 is 6.65. The lowest BCUT2D eigenvalue weighted by molar-refractivity contribution is -0.131. The molecular weight excluding hydrogens is 308 g/mol. The maximum atomic E-state index is 10.4. The molecule has 1 N–H and O–H groups in total. The SMILES string of the molecule is O=C(O)/C=C/c1ccc(Oc2ccc(Br)cc2)cc1. The number of carboxylic acid groups (broad SMARTS) is 1. The third-order valence-corrected chi connectivity index (χ3v) is 2.88. The van der Waals surface area contributed by atoms with Gasteiger partial charge in [-0.05, 0) is 48.0 Å². The van der Waals surface area contributed by atoms with Crippen molar-refractivity contribution in [2.45, 2.75) is 0 Å². The van der Waals surface area contributed by atoms with E-state index in [1.54, 1.807) is 24.3 Å². The molecule has 96 valence electrons. The third kappa shape index (κ3) is 4.26. The molecule has 0 aromatic heterocycles. The largest absolute Gasteiger partial charge is 0.478 e. The van der Waals surface area contributed by atoms with Gasteiger partial charge in [0.1, 0.15) is 11.5 Å². The Hall–Kier alpha value is -2.07. The molecule has 0 atom stereocenters. The van der Waals surface area contributed by atoms with E-state index in [9.17, 15) is 4.79 Å². The molecule has 2 aromatic carbocycles. The fourth-order valence-electron chi connectivity index (χ4n) is 1.45. The molecule has 0 heterocycles. The quantitative estimate of drug-likeness (QED) is 0.853. The van der Waals surface area contributed by atoms with Gasteiger partial charge in [0, 0.05) is 10.5 Å². The van der Waals surface area contributed by atoms with Crippen LogP contribution in [0.1, 0.15) is 5.56 Å². The topological polar surface area (TPSA) is 46.5 Å². The van der Waals surface area contributed by atoms with Gasteiger partial charge < -0.3 is 9.84 Å². The molecule has 0 radical (unpaired) electrons. The summed E-state index contributed by atoms with van der Waals surface area (Å²) in [4.78, 5) is 10.4. The van der Waals surface area contributed by atoms with Crippen molar-refractivity contribution in [1.82, 2.24) is 0 Å². The van der Waals surface area contributed by atoms with Crippen LogP contribution >= 0.6 is 15.9 Å². The van der Waals surface area contributed by atoms with Crippen molar-refractivity contribution in [3.63, 3.8) is 0 Å². The molecule has 0 amide bonds. The second kappa shape index (κ2) is 6.20. The number of ether oxygens (including phenoxy) is 1. The van der Waals surface area contributed by atoms with Crippen molar-refractivity contribution in [3.05, 3.63) is 64.6 Å². The van der Waals surface area contributed by atoms with E-state index >= 15 is 0 Å². The average molecular weight is 319 g/mol. The Morgan fingerprint density at radius 2 is 1.53 bits per heavy atom. The van der Waals surface area contributed by atoms with Crippen molar-refractivity contribution in [3.8, 4) is 11.5 Å². The zero-order valence-corrected chi connectivity index (χ0v) is 11.5. The maximum absolute atomic E-state index is 10.4. The Balaban J connectivity index is 2.06. The number of carboxylic acids is 1. The maximum Gasteiger partial charge on any atom is 0.328 e. The van der Waals surface area contributed by atoms with E-state index in [2.05, 4.69) is 15.9 Å². The Morgan fingerprint density at radius 1 is 1.00 bits per heavy atom. The molecule has 0 fully saturated rings. The molecule has 0 aliphatic rings. The van der Waals surface area contributed by atoms with E-state index in [1.807, 2.05) is 24.3 Å². The lowest BCUT2D eigenvalue weighted by Gasteiger charge is -2.05. The molecule has 2 rings (SSSR count). The standard InChI is InChI=1S/C15H11BrO3/c16-12-4-8-14(9-5-12)19-13-6-1-11(2-7-13)3-10-15(17)18/h1-10H,(H,17,18)/b10-3+. The molecule has 0 spiro atoms. The highest BCUT2D eigenvalue weighted by Gasteiger charge is 1.97. The minimum absolute atomic E-state index is 0.704. The first kappa shape index (κ1) is 13.4. The molecule has 3 nitrogen and oxygen atoms in total. The minimum Gasteiger partial charge on any atom is -0.478 e. The average Bonchev–Trinajstić information content (AvgIpc) is 2.40. The Labute approximate surface area is 119 Å². The van der Waals surface area contributed by atoms with Crippen LogP contribution in [0.15, 0.2) is 59.1 Å². The van der Waals surface area contributed by atoms with Crippen LogP contribution in [0.3, 0.4) is 0 Å². The van der Waals surface area contributed by atoms with Gasteiger partial charge >= 0.3 is 5.97 Å². The summed E-state index contributed by atoms with van der Waals surface area (Å²) in [6.07, 6.45) is 2.64. The third-order valence-electron chi connectivity index (χ3n) is 2.35. The number of aliphatic carboxylic acids is 1. The van der Waals surface area contributed by atoms with Crippen LogP contribution in [0.25, 0.3) is 6.08 Å². The van der Waals surface area contributed by atoms with Crippen molar-refractivity contribution >= 4 is 28.0 Å². The second-order valence-electron chi connectivity index (χ2n) is 3.80. The number of carbonyl (C=O) groups is 1. The number of halogens is 1. The highest BCUT2D eigenvalue weighted by molar-refractivity contribution is 9.10. The van der Waals surface area contributed by atoms with Crippen LogP contribution in [-0.2, 0) is 4.79 Å². The van der Waals surface area contributed by atoms with Gasteiger partial charge in [0.25, 0.3) is 0 Å². The van der Waals surface area contributed by atoms with E-state index in [0.29, 0.717) is 5.75 Å². The summed E-state index contributed by atoms with van der Waals surface area (Å²) in [5.41, 5.74) is 0.811. The van der Waals surface area contributed by atoms with E-state index in [0.717, 1.165) is 21.9 Å². The molecule has 0 saturated carbocycles. The molecule has 19 heavy (non-hydrogen) atoms. The lowest BCUT2D eigenvalue weighted by atomic mass is 10.2. The summed E-state index contributed by atoms with van der Waals surface area (Å²) in [6.45, 7) is 0. The molecule has 0 aliphatic heterocycles. The first-order valence-electron chi connectivity index (χ1n) is 5.58. The van der Waals surface area contributed by atoms with Gasteiger partial charge in [-0.3, -0.25) is 0 Å². The van der Waals surface area contributed by atoms with E-state index in [4.69, 9.17) is 9.84 Å². The van der Waals surface area contributed by atoms with Crippen LogP contribution in [0, 0.1) is 0 Å². The summed E-state index contributed by atoms with van der Waals surface area (Å²) >= 11 is 3.36. The predicted molar refractivity (Wildman–Crippen MR) is 77.3 cm³/mol. The van der Waals surface area contributed by atoms with Gasteiger partial charge in [-0.25, -0.2) is 4.79 Å². The van der Waals surface area contributed by atoms with Crippen molar-refractivity contribution < 1.29 is 14.6 Å². The smallest absolute Gasteiger partial charge is 0.328 e. The van der Waals surface area contributed by atoms with Crippen LogP contribution in [0.4, 0.5) is 0 Å². The van der Waals surface area contributed by atoms with Crippen LogP contribution in [0.2, 0.25) is 0 Å². The van der Waals surface area contributed by atoms with Gasteiger partial charge in [-0.1, -0.05) is 28.1 Å². The monoisotopic (exact) mass is 318 g/mol. The van der Waals surface area contributed by atoms with Crippen molar-refractivity contribution in [2.75, 3.05) is 0 Å². The number of benzene rings is 2. The van der Waals surface area contributed by atoms with Gasteiger partial charge in [-0.2, -0.15) is 0 Å². The van der Waals surface area contributed by atoms with E-state index in [1.165, 1.54) is 6.08 Å². The number of hydrogen-bond acceptors (Lipinski definition) is 2. The first-order chi connectivity index (χ1) is 9.13. The van der Waals surface area contributed by atoms with Gasteiger partial charge in [-0.15, -0.1) is 0 Å². The zero-order chi connectivity index (χ0) is 13.7. The van der Waals surface area contributed by atoms with Gasteiger partial charge in [0.2, 0.25) is 0 Å². The highest BCUT2D eigenvalue weighted by Crippen LogP contribution is 2.23. The molecule has 0 saturated heterocycles. The van der Waals surface area contributed by atoms with Gasteiger partial charge in [0.15, 0.2) is 0 Å². The Bertz CT molecular complexity index is 586. The molecule has 2 aromatic rings. The summed E-state index contributed by atoms with van der Waals surface area (Å²) in [5, 5.41) is 8.53. The Morgan fingerprint density at radius 3 is 2.05 bits per heavy atom. The van der Waals surface area contributed by atoms with Crippen LogP contribution in [0.5, 0.6) is 11.5 Å². The first-order valence-corrected chi connectivity index (χ1v) is 6.37. The Kier molecular flexibility index (Phi) is 4.36. The molecule has 0 bridgehead atoms. The lowest BCUT2D eigenvalue weighted by Crippen LogP contribution is -1.86. The highest BCUT2D eigenvalue weighted by atomic mass is 79.9. The van der Waals surface area contributed by atoms with Crippen LogP contribution in [-0.4, -0.2) is 11.1 Å². The van der Waals surface area contributed by atoms with Crippen molar-refractivity contribution in [1.29, 1.82) is 0 Å². The van der Waals surface area contributed by atoms with E-state index < -0.39 is 5.97 Å². The normalized spacial score (nSPS) is 10.6. The molecular formula is C15H11BrO3. The number of hydrogen-bond donors (Lipinski definition) is 1. The zero-order valence-electron chi connectivity index (χ0n) is 9.92. The molecule has 4 heteroatoms. The molecule has 0 aliphatic carbocycles.